The fourth-order valence-electron chi connectivity index (χ4n) is 1.97. The van der Waals surface area contributed by atoms with Gasteiger partial charge in [0, 0.05) is 6.20 Å². The molecule has 0 aliphatic heterocycles. The monoisotopic (exact) mass is 343 g/mol. The van der Waals surface area contributed by atoms with Gasteiger partial charge in [-0.15, -0.1) is 0 Å². The van der Waals surface area contributed by atoms with Crippen LogP contribution in [0.5, 0.6) is 0 Å². The molecule has 0 saturated carbocycles. The number of aromatic nitrogens is 1. The van der Waals surface area contributed by atoms with E-state index in [0.29, 0.717) is 6.42 Å². The third kappa shape index (κ3) is 6.75. The van der Waals surface area contributed by atoms with E-state index in [2.05, 4.69) is 18.8 Å². The Balaban J connectivity index is 0.000000705. The Morgan fingerprint density at radius 1 is 1.04 bits per heavy atom. The van der Waals surface area contributed by atoms with Gasteiger partial charge in [0.15, 0.2) is 5.69 Å². The third-order valence-electron chi connectivity index (χ3n) is 3.39. The number of aromatic carboxylic acids is 1. The van der Waals surface area contributed by atoms with E-state index in [4.69, 9.17) is 9.84 Å². The molecular formula is C20H25NO4. The van der Waals surface area contributed by atoms with Gasteiger partial charge in [0.1, 0.15) is 0 Å². The first-order valence-electron chi connectivity index (χ1n) is 8.46. The molecule has 0 unspecified atom stereocenters. The Morgan fingerprint density at radius 3 is 2.20 bits per heavy atom. The molecule has 2 aromatic rings. The number of carboxylic acid groups (broad SMARTS) is 1. The molecule has 0 amide bonds. The molecule has 2 rings (SSSR count). The number of carbonyl (C=O) groups is 2. The molecule has 1 heterocycles. The van der Waals surface area contributed by atoms with Gasteiger partial charge in [-0.2, -0.15) is 0 Å². The molecule has 0 saturated heterocycles. The molecule has 25 heavy (non-hydrogen) atoms. The highest BCUT2D eigenvalue weighted by Gasteiger charge is 2.19. The number of ether oxygens (including phenoxy) is 1. The Morgan fingerprint density at radius 2 is 1.68 bits per heavy atom. The van der Waals surface area contributed by atoms with E-state index in [-0.39, 0.29) is 17.9 Å². The fourth-order valence-corrected chi connectivity index (χ4v) is 1.97. The lowest BCUT2D eigenvalue weighted by atomic mass is 10.0. The average Bonchev–Trinajstić information content (AvgIpc) is 2.62. The molecule has 0 radical (unpaired) electrons. The van der Waals surface area contributed by atoms with Gasteiger partial charge in [0.2, 0.25) is 0 Å². The SMILES string of the molecule is CCCC.CCOC(=O)c1cc(Cc2ccccc2)cnc1C(=O)O. The number of hydrogen-bond acceptors (Lipinski definition) is 4. The lowest BCUT2D eigenvalue weighted by Gasteiger charge is -2.08. The van der Waals surface area contributed by atoms with Crippen LogP contribution in [0, 0.1) is 0 Å². The number of pyridine rings is 1. The van der Waals surface area contributed by atoms with Crippen LogP contribution in [0.25, 0.3) is 0 Å². The molecule has 1 aromatic heterocycles. The van der Waals surface area contributed by atoms with Crippen molar-refractivity contribution in [2.45, 2.75) is 40.0 Å². The van der Waals surface area contributed by atoms with E-state index in [0.717, 1.165) is 11.1 Å². The summed E-state index contributed by atoms with van der Waals surface area (Å²) in [6, 6.07) is 11.2. The van der Waals surface area contributed by atoms with Gasteiger partial charge in [0.25, 0.3) is 0 Å². The van der Waals surface area contributed by atoms with E-state index in [1.165, 1.54) is 25.1 Å². The zero-order chi connectivity index (χ0) is 18.7. The fraction of sp³-hybridized carbons (Fsp3) is 0.350. The molecule has 0 spiro atoms. The highest BCUT2D eigenvalue weighted by atomic mass is 16.5. The van der Waals surface area contributed by atoms with Gasteiger partial charge in [-0.25, -0.2) is 14.6 Å². The second-order valence-electron chi connectivity index (χ2n) is 5.43. The second-order valence-corrected chi connectivity index (χ2v) is 5.43. The molecule has 5 nitrogen and oxygen atoms in total. The van der Waals surface area contributed by atoms with E-state index >= 15 is 0 Å². The van der Waals surface area contributed by atoms with Gasteiger partial charge in [-0.1, -0.05) is 57.0 Å². The summed E-state index contributed by atoms with van der Waals surface area (Å²) in [4.78, 5) is 26.9. The molecule has 0 aliphatic rings. The molecule has 0 fully saturated rings. The van der Waals surface area contributed by atoms with Gasteiger partial charge in [-0.3, -0.25) is 0 Å². The summed E-state index contributed by atoms with van der Waals surface area (Å²) in [6.07, 6.45) is 4.68. The van der Waals surface area contributed by atoms with Crippen molar-refractivity contribution >= 4 is 11.9 Å². The van der Waals surface area contributed by atoms with Gasteiger partial charge in [0.05, 0.1) is 12.2 Å². The maximum atomic E-state index is 11.8. The minimum Gasteiger partial charge on any atom is -0.476 e. The normalized spacial score (nSPS) is 9.72. The molecule has 0 atom stereocenters. The summed E-state index contributed by atoms with van der Waals surface area (Å²) in [5, 5.41) is 9.09. The minimum atomic E-state index is -1.25. The smallest absolute Gasteiger partial charge is 0.355 e. The van der Waals surface area contributed by atoms with E-state index in [9.17, 15) is 9.59 Å². The minimum absolute atomic E-state index is 0.0159. The Kier molecular flexibility index (Phi) is 8.93. The van der Waals surface area contributed by atoms with Crippen LogP contribution < -0.4 is 0 Å². The number of nitrogens with zero attached hydrogens (tertiary/aromatic N) is 1. The second kappa shape index (κ2) is 11.0. The van der Waals surface area contributed by atoms with Crippen molar-refractivity contribution in [1.82, 2.24) is 4.98 Å². The number of benzene rings is 1. The maximum Gasteiger partial charge on any atom is 0.355 e. The Labute approximate surface area is 148 Å². The summed E-state index contributed by atoms with van der Waals surface area (Å²) >= 11 is 0. The average molecular weight is 343 g/mol. The van der Waals surface area contributed by atoms with E-state index in [1.807, 2.05) is 30.3 Å². The number of esters is 1. The number of unbranched alkanes of at least 4 members (excludes halogenated alkanes) is 1. The Hall–Kier alpha value is -2.69. The largest absolute Gasteiger partial charge is 0.476 e. The summed E-state index contributed by atoms with van der Waals surface area (Å²) in [7, 11) is 0. The van der Waals surface area contributed by atoms with Gasteiger partial charge in [-0.05, 0) is 30.5 Å². The highest BCUT2D eigenvalue weighted by Crippen LogP contribution is 2.14. The standard InChI is InChI=1S/C16H15NO4.C4H10/c1-2-21-16(20)13-9-12(10-17-14(13)15(18)19)8-11-6-4-3-5-7-11;1-3-4-2/h3-7,9-10H,2,8H2,1H3,(H,18,19);3-4H2,1-2H3. The van der Waals surface area contributed by atoms with E-state index in [1.54, 1.807) is 6.92 Å². The predicted molar refractivity (Wildman–Crippen MR) is 97.0 cm³/mol. The van der Waals surface area contributed by atoms with Crippen molar-refractivity contribution in [2.24, 2.45) is 0 Å². The first-order valence-corrected chi connectivity index (χ1v) is 8.46. The van der Waals surface area contributed by atoms with Crippen LogP contribution in [0.15, 0.2) is 42.6 Å². The van der Waals surface area contributed by atoms with Crippen molar-refractivity contribution < 1.29 is 19.4 Å². The molecule has 1 N–H and O–H groups in total. The van der Waals surface area contributed by atoms with Crippen molar-refractivity contribution in [2.75, 3.05) is 6.61 Å². The van der Waals surface area contributed by atoms with Crippen LogP contribution in [0.3, 0.4) is 0 Å². The lowest BCUT2D eigenvalue weighted by Crippen LogP contribution is -2.14. The third-order valence-corrected chi connectivity index (χ3v) is 3.39. The van der Waals surface area contributed by atoms with Crippen LogP contribution >= 0.6 is 0 Å². The topological polar surface area (TPSA) is 76.5 Å². The molecular weight excluding hydrogens is 318 g/mol. The summed E-state index contributed by atoms with van der Waals surface area (Å²) in [5.74, 6) is -1.92. The molecule has 0 bridgehead atoms. The first kappa shape index (κ1) is 20.4. The van der Waals surface area contributed by atoms with Crippen LogP contribution in [0.1, 0.15) is 65.6 Å². The van der Waals surface area contributed by atoms with Crippen LogP contribution in [0.2, 0.25) is 0 Å². The zero-order valence-corrected chi connectivity index (χ0v) is 15.0. The molecule has 5 heteroatoms. The number of carbonyl (C=O) groups excluding carboxylic acids is 1. The number of hydrogen-bond donors (Lipinski definition) is 1. The van der Waals surface area contributed by atoms with E-state index < -0.39 is 11.9 Å². The zero-order valence-electron chi connectivity index (χ0n) is 15.0. The predicted octanol–water partition coefficient (Wildman–Crippen LogP) is 4.35. The van der Waals surface area contributed by atoms with Crippen LogP contribution in [-0.2, 0) is 11.2 Å². The van der Waals surface area contributed by atoms with Crippen molar-refractivity contribution in [1.29, 1.82) is 0 Å². The maximum absolute atomic E-state index is 11.8. The summed E-state index contributed by atoms with van der Waals surface area (Å²) in [6.45, 7) is 6.21. The first-order chi connectivity index (χ1) is 12.0. The number of rotatable bonds is 6. The summed E-state index contributed by atoms with van der Waals surface area (Å²) in [5.41, 5.74) is 1.51. The highest BCUT2D eigenvalue weighted by molar-refractivity contribution is 6.01. The lowest BCUT2D eigenvalue weighted by molar-refractivity contribution is 0.0512. The van der Waals surface area contributed by atoms with Crippen molar-refractivity contribution in [3.8, 4) is 0 Å². The van der Waals surface area contributed by atoms with Crippen molar-refractivity contribution in [3.05, 3.63) is 65.0 Å². The Bertz CT molecular complexity index is 681. The quantitative estimate of drug-likeness (QED) is 0.789. The van der Waals surface area contributed by atoms with Crippen LogP contribution in [-0.4, -0.2) is 28.6 Å². The van der Waals surface area contributed by atoms with Crippen LogP contribution in [0.4, 0.5) is 0 Å². The van der Waals surface area contributed by atoms with Crippen molar-refractivity contribution in [3.63, 3.8) is 0 Å². The number of carboxylic acids is 1. The molecule has 0 aliphatic carbocycles. The summed E-state index contributed by atoms with van der Waals surface area (Å²) < 4.78 is 4.88. The van der Waals surface area contributed by atoms with Gasteiger partial charge < -0.3 is 9.84 Å². The molecule has 134 valence electrons. The molecule has 1 aromatic carbocycles. The van der Waals surface area contributed by atoms with Gasteiger partial charge >= 0.3 is 11.9 Å².